The van der Waals surface area contributed by atoms with Crippen LogP contribution in [0.1, 0.15) is 0 Å². The Bertz CT molecular complexity index is 913. The van der Waals surface area contributed by atoms with Crippen LogP contribution >= 0.6 is 0 Å². The van der Waals surface area contributed by atoms with Crippen molar-refractivity contribution < 1.29 is 26.7 Å². The van der Waals surface area contributed by atoms with Crippen LogP contribution in [0.3, 0.4) is 0 Å². The van der Waals surface area contributed by atoms with Crippen LogP contribution in [0.5, 0.6) is 5.75 Å². The minimum Gasteiger partial charge on any atom is -0.476 e. The van der Waals surface area contributed by atoms with Gasteiger partial charge in [0.25, 0.3) is 15.9 Å². The highest BCUT2D eigenvalue weighted by atomic mass is 32.2. The molecule has 25 heavy (non-hydrogen) atoms. The second kappa shape index (κ2) is 6.32. The number of carbonyl (C=O) groups excluding carboxylic acids is 1. The summed E-state index contributed by atoms with van der Waals surface area (Å²) in [5.74, 6) is -2.84. The zero-order valence-electron chi connectivity index (χ0n) is 13.1. The van der Waals surface area contributed by atoms with E-state index in [4.69, 9.17) is 4.74 Å². The number of fused-ring (bicyclic) bond motifs is 1. The van der Waals surface area contributed by atoms with E-state index in [-0.39, 0.29) is 11.4 Å². The number of nitrogens with zero attached hydrogens (tertiary/aromatic N) is 1. The molecule has 0 saturated carbocycles. The topological polar surface area (TPSA) is 75.7 Å². The average Bonchev–Trinajstić information content (AvgIpc) is 2.59. The Labute approximate surface area is 143 Å². The fourth-order valence-corrected chi connectivity index (χ4v) is 4.16. The third-order valence-corrected chi connectivity index (χ3v) is 5.57. The molecule has 1 unspecified atom stereocenters. The Morgan fingerprint density at radius 3 is 2.44 bits per heavy atom. The summed E-state index contributed by atoms with van der Waals surface area (Å²) in [5, 5.41) is 2.37. The van der Waals surface area contributed by atoms with Crippen molar-refractivity contribution in [1.29, 1.82) is 0 Å². The summed E-state index contributed by atoms with van der Waals surface area (Å²) in [7, 11) is -3.21. The molecule has 0 aliphatic carbocycles. The molecule has 1 aliphatic heterocycles. The predicted octanol–water partition coefficient (Wildman–Crippen LogP) is 1.67. The number of amides is 1. The van der Waals surface area contributed by atoms with E-state index in [9.17, 15) is 22.0 Å². The molecule has 0 aromatic heterocycles. The summed E-state index contributed by atoms with van der Waals surface area (Å²) in [6.45, 7) is -0.410. The van der Waals surface area contributed by atoms with Crippen LogP contribution in [0.25, 0.3) is 0 Å². The van der Waals surface area contributed by atoms with Crippen LogP contribution in [0.4, 0.5) is 14.5 Å². The molecule has 1 N–H and O–H groups in total. The van der Waals surface area contributed by atoms with Crippen molar-refractivity contribution in [2.75, 3.05) is 17.9 Å². The maximum Gasteiger partial charge on any atom is 0.270 e. The van der Waals surface area contributed by atoms with Gasteiger partial charge in [0.15, 0.2) is 11.0 Å². The average molecular weight is 368 g/mol. The van der Waals surface area contributed by atoms with Gasteiger partial charge in [0.2, 0.25) is 0 Å². The number of halogens is 2. The highest BCUT2D eigenvalue weighted by Crippen LogP contribution is 2.37. The number of benzene rings is 2. The van der Waals surface area contributed by atoms with Gasteiger partial charge in [0.05, 0.1) is 12.2 Å². The Balaban J connectivity index is 2.16. The maximum absolute atomic E-state index is 14.0. The van der Waals surface area contributed by atoms with Crippen molar-refractivity contribution in [1.82, 2.24) is 5.32 Å². The summed E-state index contributed by atoms with van der Waals surface area (Å²) >= 11 is 0. The number of para-hydroxylation sites is 2. The van der Waals surface area contributed by atoms with Crippen LogP contribution in [0.15, 0.2) is 47.4 Å². The van der Waals surface area contributed by atoms with Crippen molar-refractivity contribution in [3.05, 3.63) is 54.1 Å². The number of hydrogen-bond donors (Lipinski definition) is 1. The van der Waals surface area contributed by atoms with Crippen LogP contribution < -0.4 is 14.4 Å². The zero-order chi connectivity index (χ0) is 18.2. The van der Waals surface area contributed by atoms with Gasteiger partial charge >= 0.3 is 0 Å². The third-order valence-electron chi connectivity index (χ3n) is 3.74. The summed E-state index contributed by atoms with van der Waals surface area (Å²) < 4.78 is 60.2. The van der Waals surface area contributed by atoms with E-state index in [1.165, 1.54) is 19.2 Å². The molecule has 1 aliphatic rings. The maximum atomic E-state index is 14.0. The molecule has 0 radical (unpaired) electrons. The first-order chi connectivity index (χ1) is 11.9. The fraction of sp³-hybridized carbons (Fsp3) is 0.188. The first kappa shape index (κ1) is 17.2. The van der Waals surface area contributed by atoms with Crippen molar-refractivity contribution in [2.45, 2.75) is 11.0 Å². The number of hydrogen-bond acceptors (Lipinski definition) is 4. The van der Waals surface area contributed by atoms with Crippen molar-refractivity contribution in [3.8, 4) is 5.75 Å². The van der Waals surface area contributed by atoms with E-state index in [1.807, 2.05) is 0 Å². The second-order valence-electron chi connectivity index (χ2n) is 5.28. The lowest BCUT2D eigenvalue weighted by molar-refractivity contribution is -0.127. The fourth-order valence-electron chi connectivity index (χ4n) is 2.57. The molecule has 0 bridgehead atoms. The quantitative estimate of drug-likeness (QED) is 0.894. The summed E-state index contributed by atoms with van der Waals surface area (Å²) in [6.07, 6.45) is -1.15. The van der Waals surface area contributed by atoms with Gasteiger partial charge in [-0.2, -0.15) is 0 Å². The monoisotopic (exact) mass is 368 g/mol. The molecule has 2 aromatic carbocycles. The number of likely N-dealkylation sites (N-methyl/N-ethyl adjacent to an activating group) is 1. The van der Waals surface area contributed by atoms with Gasteiger partial charge < -0.3 is 10.1 Å². The minimum atomic E-state index is -4.59. The smallest absolute Gasteiger partial charge is 0.270 e. The van der Waals surface area contributed by atoms with Crippen molar-refractivity contribution in [3.63, 3.8) is 0 Å². The molecule has 132 valence electrons. The zero-order valence-corrected chi connectivity index (χ0v) is 13.9. The lowest BCUT2D eigenvalue weighted by Gasteiger charge is -2.34. The summed E-state index contributed by atoms with van der Waals surface area (Å²) in [6, 6.07) is 8.86. The van der Waals surface area contributed by atoms with Crippen LogP contribution in [-0.2, 0) is 14.8 Å². The highest BCUT2D eigenvalue weighted by molar-refractivity contribution is 7.92. The molecular weight excluding hydrogens is 354 g/mol. The molecule has 9 heteroatoms. The van der Waals surface area contributed by atoms with Crippen LogP contribution in [0.2, 0.25) is 0 Å². The van der Waals surface area contributed by atoms with Gasteiger partial charge in [-0.3, -0.25) is 9.10 Å². The molecule has 2 aromatic rings. The lowest BCUT2D eigenvalue weighted by atomic mass is 10.2. The van der Waals surface area contributed by atoms with E-state index in [2.05, 4.69) is 5.32 Å². The number of sulfonamides is 1. The Morgan fingerprint density at radius 2 is 1.80 bits per heavy atom. The first-order valence-corrected chi connectivity index (χ1v) is 8.74. The van der Waals surface area contributed by atoms with Crippen molar-refractivity contribution >= 4 is 21.6 Å². The SMILES string of the molecule is CNC(=O)C1CN(S(=O)(=O)c2c(F)cccc2F)c2ccccc2O1. The highest BCUT2D eigenvalue weighted by Gasteiger charge is 2.39. The Hall–Kier alpha value is -2.68. The molecule has 0 saturated heterocycles. The second-order valence-corrected chi connectivity index (χ2v) is 7.07. The van der Waals surface area contributed by atoms with E-state index in [1.54, 1.807) is 12.1 Å². The van der Waals surface area contributed by atoms with Gasteiger partial charge in [0.1, 0.15) is 17.4 Å². The number of ether oxygens (including phenoxy) is 1. The van der Waals surface area contributed by atoms with E-state index in [0.29, 0.717) is 0 Å². The van der Waals surface area contributed by atoms with Crippen LogP contribution in [-0.4, -0.2) is 34.0 Å². The van der Waals surface area contributed by atoms with Gasteiger partial charge in [-0.05, 0) is 24.3 Å². The first-order valence-electron chi connectivity index (χ1n) is 7.30. The minimum absolute atomic E-state index is 0.102. The molecule has 6 nitrogen and oxygen atoms in total. The summed E-state index contributed by atoms with van der Waals surface area (Å²) in [5.41, 5.74) is 0.102. The molecular formula is C16H14F2N2O4S. The van der Waals surface area contributed by atoms with Gasteiger partial charge in [-0.25, -0.2) is 17.2 Å². The largest absolute Gasteiger partial charge is 0.476 e. The Morgan fingerprint density at radius 1 is 1.16 bits per heavy atom. The number of nitrogens with one attached hydrogen (secondary N) is 1. The molecule has 3 rings (SSSR count). The number of anilines is 1. The number of carbonyl (C=O) groups is 1. The lowest BCUT2D eigenvalue weighted by Crippen LogP contribution is -2.50. The molecule has 1 atom stereocenters. The van der Waals surface area contributed by atoms with Crippen molar-refractivity contribution in [2.24, 2.45) is 0 Å². The molecule has 1 heterocycles. The van der Waals surface area contributed by atoms with Gasteiger partial charge in [-0.15, -0.1) is 0 Å². The van der Waals surface area contributed by atoms with Crippen LogP contribution in [0, 0.1) is 11.6 Å². The molecule has 0 fully saturated rings. The molecule has 0 spiro atoms. The van der Waals surface area contributed by atoms with Gasteiger partial charge in [0, 0.05) is 7.05 Å². The van der Waals surface area contributed by atoms with E-state index in [0.717, 1.165) is 22.5 Å². The normalized spacial score (nSPS) is 16.8. The van der Waals surface area contributed by atoms with E-state index < -0.39 is 45.1 Å². The molecule has 1 amide bonds. The predicted molar refractivity (Wildman–Crippen MR) is 85.8 cm³/mol. The Kier molecular flexibility index (Phi) is 4.34. The van der Waals surface area contributed by atoms with E-state index >= 15 is 0 Å². The summed E-state index contributed by atoms with van der Waals surface area (Å²) in [4.78, 5) is 10.8. The standard InChI is InChI=1S/C16H14F2N2O4S/c1-19-16(21)14-9-20(12-7-2-3-8-13(12)24-14)25(22,23)15-10(17)5-4-6-11(15)18/h2-8,14H,9H2,1H3,(H,19,21). The third kappa shape index (κ3) is 2.91. The number of rotatable bonds is 3. The van der Waals surface area contributed by atoms with Gasteiger partial charge in [-0.1, -0.05) is 18.2 Å².